The predicted octanol–water partition coefficient (Wildman–Crippen LogP) is 5.30. The van der Waals surface area contributed by atoms with Gasteiger partial charge in [0.15, 0.2) is 10.2 Å². The lowest BCUT2D eigenvalue weighted by molar-refractivity contribution is 1.57. The van der Waals surface area contributed by atoms with E-state index in [0.29, 0.717) is 10.2 Å². The Bertz CT molecular complexity index is 812. The van der Waals surface area contributed by atoms with Crippen LogP contribution in [-0.2, 0) is 0 Å². The number of hydrogen-bond donors (Lipinski definition) is 4. The first-order chi connectivity index (χ1) is 12.7. The van der Waals surface area contributed by atoms with Crippen molar-refractivity contribution < 1.29 is 0 Å². The molecule has 0 radical (unpaired) electrons. The smallest absolute Gasteiger partial charge is 0.175 e. The third-order valence-corrected chi connectivity index (χ3v) is 3.85. The van der Waals surface area contributed by atoms with Crippen molar-refractivity contribution in [3.8, 4) is 0 Å². The van der Waals surface area contributed by atoms with Crippen molar-refractivity contribution in [3.63, 3.8) is 0 Å². The van der Waals surface area contributed by atoms with Crippen molar-refractivity contribution in [2.45, 2.75) is 0 Å². The lowest BCUT2D eigenvalue weighted by Gasteiger charge is -2.13. The molecule has 0 unspecified atom stereocenters. The largest absolute Gasteiger partial charge is 0.332 e. The molecule has 0 amide bonds. The van der Waals surface area contributed by atoms with Crippen LogP contribution in [0.4, 0.5) is 22.7 Å². The molecule has 0 aliphatic rings. The van der Waals surface area contributed by atoms with Crippen LogP contribution in [0.15, 0.2) is 84.9 Å². The Morgan fingerprint density at radius 2 is 0.808 bits per heavy atom. The molecule has 0 atom stereocenters. The van der Waals surface area contributed by atoms with E-state index in [-0.39, 0.29) is 0 Å². The monoisotopic (exact) mass is 378 g/mol. The van der Waals surface area contributed by atoms with Crippen molar-refractivity contribution in [2.24, 2.45) is 0 Å². The van der Waals surface area contributed by atoms with Gasteiger partial charge in [-0.25, -0.2) is 0 Å². The minimum atomic E-state index is 0.526. The van der Waals surface area contributed by atoms with Crippen LogP contribution in [0.5, 0.6) is 0 Å². The molecule has 0 bridgehead atoms. The molecule has 26 heavy (non-hydrogen) atoms. The number of benzene rings is 3. The van der Waals surface area contributed by atoms with Gasteiger partial charge >= 0.3 is 0 Å². The molecule has 0 heterocycles. The fraction of sp³-hybridized carbons (Fsp3) is 0. The summed E-state index contributed by atoms with van der Waals surface area (Å²) < 4.78 is 0. The molecule has 0 spiro atoms. The molecule has 0 saturated heterocycles. The lowest BCUT2D eigenvalue weighted by Crippen LogP contribution is -2.20. The Morgan fingerprint density at radius 3 is 1.23 bits per heavy atom. The molecule has 0 aliphatic carbocycles. The second-order valence-electron chi connectivity index (χ2n) is 5.47. The number of para-hydroxylation sites is 2. The van der Waals surface area contributed by atoms with Crippen LogP contribution in [0.25, 0.3) is 0 Å². The van der Waals surface area contributed by atoms with E-state index in [1.807, 2.05) is 84.9 Å². The molecule has 130 valence electrons. The highest BCUT2D eigenvalue weighted by molar-refractivity contribution is 7.81. The number of anilines is 4. The molecule has 0 aromatic heterocycles. The average molecular weight is 379 g/mol. The number of rotatable bonds is 4. The van der Waals surface area contributed by atoms with Gasteiger partial charge in [0, 0.05) is 22.7 Å². The van der Waals surface area contributed by atoms with Crippen LogP contribution in [0.3, 0.4) is 0 Å². The highest BCUT2D eigenvalue weighted by atomic mass is 32.1. The molecule has 4 N–H and O–H groups in total. The van der Waals surface area contributed by atoms with Crippen molar-refractivity contribution >= 4 is 57.4 Å². The van der Waals surface area contributed by atoms with Crippen LogP contribution >= 0.6 is 24.4 Å². The number of hydrogen-bond acceptors (Lipinski definition) is 2. The highest BCUT2D eigenvalue weighted by Gasteiger charge is 2.02. The first-order valence-electron chi connectivity index (χ1n) is 8.05. The van der Waals surface area contributed by atoms with E-state index < -0.39 is 0 Å². The van der Waals surface area contributed by atoms with Crippen LogP contribution in [-0.4, -0.2) is 10.2 Å². The Morgan fingerprint density at radius 1 is 0.462 bits per heavy atom. The summed E-state index contributed by atoms with van der Waals surface area (Å²) in [5.74, 6) is 0. The Kier molecular flexibility index (Phi) is 6.14. The van der Waals surface area contributed by atoms with E-state index in [4.69, 9.17) is 24.4 Å². The third-order valence-electron chi connectivity index (χ3n) is 3.44. The maximum atomic E-state index is 5.36. The van der Waals surface area contributed by atoms with E-state index in [1.54, 1.807) is 0 Å². The summed E-state index contributed by atoms with van der Waals surface area (Å²) in [4.78, 5) is 0. The van der Waals surface area contributed by atoms with Crippen LogP contribution in [0.2, 0.25) is 0 Å². The van der Waals surface area contributed by atoms with E-state index in [2.05, 4.69) is 21.3 Å². The van der Waals surface area contributed by atoms with E-state index in [1.165, 1.54) is 0 Å². The quantitative estimate of drug-likeness (QED) is 0.462. The normalized spacial score (nSPS) is 9.85. The summed E-state index contributed by atoms with van der Waals surface area (Å²) in [6, 6.07) is 27.3. The van der Waals surface area contributed by atoms with Crippen molar-refractivity contribution in [3.05, 3.63) is 84.9 Å². The molecular weight excluding hydrogens is 360 g/mol. The van der Waals surface area contributed by atoms with Crippen LogP contribution < -0.4 is 21.3 Å². The number of nitrogens with one attached hydrogen (secondary N) is 4. The van der Waals surface area contributed by atoms with Gasteiger partial charge in [0.1, 0.15) is 0 Å². The van der Waals surface area contributed by atoms with Gasteiger partial charge in [0.2, 0.25) is 0 Å². The summed E-state index contributed by atoms with van der Waals surface area (Å²) in [6.07, 6.45) is 0. The molecule has 3 aromatic carbocycles. The van der Waals surface area contributed by atoms with Gasteiger partial charge in [-0.1, -0.05) is 42.5 Å². The van der Waals surface area contributed by atoms with Gasteiger partial charge in [-0.15, -0.1) is 0 Å². The second-order valence-corrected chi connectivity index (χ2v) is 6.29. The van der Waals surface area contributed by atoms with Gasteiger partial charge in [-0.05, 0) is 66.9 Å². The maximum Gasteiger partial charge on any atom is 0.175 e. The average Bonchev–Trinajstić information content (AvgIpc) is 2.63. The second kappa shape index (κ2) is 8.94. The summed E-state index contributed by atoms with van der Waals surface area (Å²) in [6.45, 7) is 0. The zero-order valence-corrected chi connectivity index (χ0v) is 15.5. The standard InChI is InChI=1S/C20H18N4S2/c25-19(21-15-8-3-1-4-9-15)23-17-12-7-13-18(14-17)24-20(26)22-16-10-5-2-6-11-16/h1-14H,(H2,21,23,25)(H2,22,24,26). The first kappa shape index (κ1) is 17.8. The zero-order chi connectivity index (χ0) is 18.2. The van der Waals surface area contributed by atoms with Crippen LogP contribution in [0, 0.1) is 0 Å². The molecular formula is C20H18N4S2. The zero-order valence-electron chi connectivity index (χ0n) is 13.9. The Labute approximate surface area is 163 Å². The molecule has 0 fully saturated rings. The summed E-state index contributed by atoms with van der Waals surface area (Å²) in [5.41, 5.74) is 3.61. The predicted molar refractivity (Wildman–Crippen MR) is 119 cm³/mol. The first-order valence-corrected chi connectivity index (χ1v) is 8.87. The summed E-state index contributed by atoms with van der Waals surface area (Å²) >= 11 is 10.7. The van der Waals surface area contributed by atoms with Gasteiger partial charge in [0.25, 0.3) is 0 Å². The SMILES string of the molecule is S=C(Nc1ccccc1)Nc1cccc(NC(=S)Nc2ccccc2)c1. The summed E-state index contributed by atoms with van der Waals surface area (Å²) in [5, 5.41) is 13.7. The molecule has 3 aromatic rings. The highest BCUT2D eigenvalue weighted by Crippen LogP contribution is 2.16. The summed E-state index contributed by atoms with van der Waals surface area (Å²) in [7, 11) is 0. The van der Waals surface area contributed by atoms with E-state index in [0.717, 1.165) is 22.7 Å². The van der Waals surface area contributed by atoms with Crippen molar-refractivity contribution in [1.29, 1.82) is 0 Å². The Balaban J connectivity index is 1.57. The minimum Gasteiger partial charge on any atom is -0.332 e. The molecule has 6 heteroatoms. The molecule has 0 aliphatic heterocycles. The third kappa shape index (κ3) is 5.54. The number of thiocarbonyl (C=S) groups is 2. The Hall–Kier alpha value is -2.96. The van der Waals surface area contributed by atoms with Gasteiger partial charge < -0.3 is 21.3 Å². The topological polar surface area (TPSA) is 48.1 Å². The van der Waals surface area contributed by atoms with E-state index >= 15 is 0 Å². The van der Waals surface area contributed by atoms with Gasteiger partial charge in [-0.3, -0.25) is 0 Å². The maximum absolute atomic E-state index is 5.36. The molecule has 0 saturated carbocycles. The van der Waals surface area contributed by atoms with Crippen molar-refractivity contribution in [2.75, 3.05) is 21.3 Å². The lowest BCUT2D eigenvalue weighted by atomic mass is 10.3. The van der Waals surface area contributed by atoms with Crippen molar-refractivity contribution in [1.82, 2.24) is 0 Å². The molecule has 3 rings (SSSR count). The van der Waals surface area contributed by atoms with Crippen LogP contribution in [0.1, 0.15) is 0 Å². The molecule has 4 nitrogen and oxygen atoms in total. The fourth-order valence-electron chi connectivity index (χ4n) is 2.30. The van der Waals surface area contributed by atoms with E-state index in [9.17, 15) is 0 Å². The van der Waals surface area contributed by atoms with Gasteiger partial charge in [0.05, 0.1) is 0 Å². The fourth-order valence-corrected chi connectivity index (χ4v) is 2.78. The van der Waals surface area contributed by atoms with Gasteiger partial charge in [-0.2, -0.15) is 0 Å². The minimum absolute atomic E-state index is 0.526.